The van der Waals surface area contributed by atoms with Crippen LogP contribution < -0.4 is 5.73 Å². The molecule has 1 unspecified atom stereocenters. The Hall–Kier alpha value is -1.38. The Bertz CT molecular complexity index is 568. The molecule has 0 heterocycles. The Kier molecular flexibility index (Phi) is 4.56. The van der Waals surface area contributed by atoms with E-state index in [0.29, 0.717) is 6.42 Å². The van der Waals surface area contributed by atoms with Gasteiger partial charge in [0.2, 0.25) is 0 Å². The molecule has 2 aromatic carbocycles. The van der Waals surface area contributed by atoms with E-state index in [2.05, 4.69) is 25.1 Å². The van der Waals surface area contributed by atoms with Crippen molar-refractivity contribution in [3.8, 4) is 0 Å². The van der Waals surface area contributed by atoms with Crippen LogP contribution in [0.4, 0.5) is 4.39 Å². The molecule has 2 rings (SSSR count). The molecule has 2 N–H and O–H groups in total. The average molecular weight is 278 g/mol. The van der Waals surface area contributed by atoms with E-state index in [-0.39, 0.29) is 11.1 Å². The fraction of sp³-hybridized carbons (Fsp3) is 0.250. The zero-order valence-electron chi connectivity index (χ0n) is 10.9. The highest BCUT2D eigenvalue weighted by atomic mass is 35.5. The Labute approximate surface area is 118 Å². The van der Waals surface area contributed by atoms with E-state index < -0.39 is 5.82 Å². The van der Waals surface area contributed by atoms with Crippen LogP contribution in [0.5, 0.6) is 0 Å². The summed E-state index contributed by atoms with van der Waals surface area (Å²) in [5, 5.41) is 0.153. The van der Waals surface area contributed by atoms with Gasteiger partial charge in [0.05, 0.1) is 5.02 Å². The smallest absolute Gasteiger partial charge is 0.141 e. The minimum atomic E-state index is -0.391. The van der Waals surface area contributed by atoms with E-state index in [1.165, 1.54) is 17.2 Å². The van der Waals surface area contributed by atoms with Gasteiger partial charge in [0.25, 0.3) is 0 Å². The maximum atomic E-state index is 13.1. The van der Waals surface area contributed by atoms with Gasteiger partial charge < -0.3 is 5.73 Å². The van der Waals surface area contributed by atoms with Crippen LogP contribution in [0.3, 0.4) is 0 Å². The van der Waals surface area contributed by atoms with Crippen molar-refractivity contribution in [3.63, 3.8) is 0 Å². The predicted octanol–water partition coefficient (Wildman–Crippen LogP) is 3.90. The van der Waals surface area contributed by atoms with E-state index in [1.54, 1.807) is 12.1 Å². The van der Waals surface area contributed by atoms with Gasteiger partial charge in [-0.05, 0) is 43.0 Å². The fourth-order valence-electron chi connectivity index (χ4n) is 2.18. The third-order valence-corrected chi connectivity index (χ3v) is 3.35. The molecule has 0 saturated heterocycles. The zero-order chi connectivity index (χ0) is 13.8. The van der Waals surface area contributed by atoms with E-state index >= 15 is 0 Å². The highest BCUT2D eigenvalue weighted by Crippen LogP contribution is 2.17. The Morgan fingerprint density at radius 2 is 1.79 bits per heavy atom. The Morgan fingerprint density at radius 3 is 2.42 bits per heavy atom. The molecule has 19 heavy (non-hydrogen) atoms. The number of rotatable bonds is 4. The number of hydrogen-bond acceptors (Lipinski definition) is 1. The number of halogens is 2. The molecule has 1 atom stereocenters. The maximum Gasteiger partial charge on any atom is 0.141 e. The van der Waals surface area contributed by atoms with Gasteiger partial charge in [-0.2, -0.15) is 0 Å². The summed E-state index contributed by atoms with van der Waals surface area (Å²) in [6.45, 7) is 2.06. The van der Waals surface area contributed by atoms with Crippen molar-refractivity contribution in [3.05, 3.63) is 70.0 Å². The maximum absolute atomic E-state index is 13.1. The molecule has 0 saturated carbocycles. The second-order valence-corrected chi connectivity index (χ2v) is 5.31. The van der Waals surface area contributed by atoms with Crippen molar-refractivity contribution in [2.75, 3.05) is 0 Å². The van der Waals surface area contributed by atoms with Crippen molar-refractivity contribution in [1.82, 2.24) is 0 Å². The molecular formula is C16H17ClFN. The monoisotopic (exact) mass is 277 g/mol. The first-order valence-electron chi connectivity index (χ1n) is 6.29. The highest BCUT2D eigenvalue weighted by Gasteiger charge is 2.08. The average Bonchev–Trinajstić information content (AvgIpc) is 2.34. The molecule has 0 radical (unpaired) electrons. The quantitative estimate of drug-likeness (QED) is 0.901. The molecule has 2 aromatic rings. The van der Waals surface area contributed by atoms with Crippen LogP contribution >= 0.6 is 11.6 Å². The minimum absolute atomic E-state index is 0.00308. The number of hydrogen-bond donors (Lipinski definition) is 1. The summed E-state index contributed by atoms with van der Waals surface area (Å²) in [6.07, 6.45) is 1.49. The minimum Gasteiger partial charge on any atom is -0.327 e. The van der Waals surface area contributed by atoms with Gasteiger partial charge in [-0.3, -0.25) is 0 Å². The van der Waals surface area contributed by atoms with Gasteiger partial charge in [0, 0.05) is 6.04 Å². The second-order valence-electron chi connectivity index (χ2n) is 4.91. The predicted molar refractivity (Wildman–Crippen MR) is 78.0 cm³/mol. The Morgan fingerprint density at radius 1 is 1.11 bits per heavy atom. The van der Waals surface area contributed by atoms with Crippen molar-refractivity contribution >= 4 is 11.6 Å². The fourth-order valence-corrected chi connectivity index (χ4v) is 2.39. The summed E-state index contributed by atoms with van der Waals surface area (Å²) in [6, 6.07) is 13.1. The molecule has 0 aromatic heterocycles. The number of nitrogens with two attached hydrogens (primary N) is 1. The molecule has 0 spiro atoms. The van der Waals surface area contributed by atoms with Gasteiger partial charge in [-0.15, -0.1) is 0 Å². The largest absolute Gasteiger partial charge is 0.327 e. The summed E-state index contributed by atoms with van der Waals surface area (Å²) >= 11 is 5.76. The third kappa shape index (κ3) is 4.05. The van der Waals surface area contributed by atoms with E-state index in [4.69, 9.17) is 17.3 Å². The first-order valence-corrected chi connectivity index (χ1v) is 6.67. The van der Waals surface area contributed by atoms with Crippen molar-refractivity contribution in [1.29, 1.82) is 0 Å². The SMILES string of the molecule is Cc1cccc(CC(N)Cc2ccc(F)c(Cl)c2)c1. The third-order valence-electron chi connectivity index (χ3n) is 3.06. The molecule has 0 bridgehead atoms. The Balaban J connectivity index is 2.01. The van der Waals surface area contributed by atoms with Crippen molar-refractivity contribution in [2.45, 2.75) is 25.8 Å². The van der Waals surface area contributed by atoms with Gasteiger partial charge in [-0.1, -0.05) is 47.5 Å². The van der Waals surface area contributed by atoms with Gasteiger partial charge in [-0.25, -0.2) is 4.39 Å². The number of benzene rings is 2. The lowest BCUT2D eigenvalue weighted by atomic mass is 9.99. The molecule has 1 nitrogen and oxygen atoms in total. The van der Waals surface area contributed by atoms with Crippen LogP contribution in [0.25, 0.3) is 0 Å². The van der Waals surface area contributed by atoms with Crippen LogP contribution in [-0.4, -0.2) is 6.04 Å². The van der Waals surface area contributed by atoms with Gasteiger partial charge in [0.1, 0.15) is 5.82 Å². The number of aryl methyl sites for hydroxylation is 1. The van der Waals surface area contributed by atoms with E-state index in [1.807, 2.05) is 6.07 Å². The standard InChI is InChI=1S/C16H17ClFN/c1-11-3-2-4-12(7-11)8-14(19)9-13-5-6-16(18)15(17)10-13/h2-7,10,14H,8-9,19H2,1H3. The van der Waals surface area contributed by atoms with Crippen LogP contribution in [0, 0.1) is 12.7 Å². The normalized spacial score (nSPS) is 12.4. The first kappa shape index (κ1) is 14.0. The summed E-state index contributed by atoms with van der Waals surface area (Å²) in [5.74, 6) is -0.391. The molecule has 0 aliphatic heterocycles. The summed E-state index contributed by atoms with van der Waals surface area (Å²) in [5.41, 5.74) is 9.56. The van der Waals surface area contributed by atoms with E-state index in [0.717, 1.165) is 12.0 Å². The molecule has 0 fully saturated rings. The molecule has 100 valence electrons. The lowest BCUT2D eigenvalue weighted by molar-refractivity contribution is 0.624. The van der Waals surface area contributed by atoms with Crippen molar-refractivity contribution in [2.24, 2.45) is 5.73 Å². The van der Waals surface area contributed by atoms with Crippen LogP contribution in [-0.2, 0) is 12.8 Å². The summed E-state index contributed by atoms with van der Waals surface area (Å²) in [7, 11) is 0. The molecular weight excluding hydrogens is 261 g/mol. The van der Waals surface area contributed by atoms with Crippen molar-refractivity contribution < 1.29 is 4.39 Å². The second kappa shape index (κ2) is 6.18. The molecule has 0 aliphatic carbocycles. The molecule has 3 heteroatoms. The molecule has 0 aliphatic rings. The summed E-state index contributed by atoms with van der Waals surface area (Å²) < 4.78 is 13.1. The van der Waals surface area contributed by atoms with Crippen LogP contribution in [0.1, 0.15) is 16.7 Å². The van der Waals surface area contributed by atoms with Gasteiger partial charge >= 0.3 is 0 Å². The molecule has 0 amide bonds. The topological polar surface area (TPSA) is 26.0 Å². The van der Waals surface area contributed by atoms with Crippen LogP contribution in [0.2, 0.25) is 5.02 Å². The summed E-state index contributed by atoms with van der Waals surface area (Å²) in [4.78, 5) is 0. The van der Waals surface area contributed by atoms with Gasteiger partial charge in [0.15, 0.2) is 0 Å². The van der Waals surface area contributed by atoms with Crippen LogP contribution in [0.15, 0.2) is 42.5 Å². The lowest BCUT2D eigenvalue weighted by Gasteiger charge is -2.12. The highest BCUT2D eigenvalue weighted by molar-refractivity contribution is 6.30. The van der Waals surface area contributed by atoms with E-state index in [9.17, 15) is 4.39 Å². The lowest BCUT2D eigenvalue weighted by Crippen LogP contribution is -2.25. The zero-order valence-corrected chi connectivity index (χ0v) is 11.6. The first-order chi connectivity index (χ1) is 9.04.